The summed E-state index contributed by atoms with van der Waals surface area (Å²) in [5, 5.41) is 0. The van der Waals surface area contributed by atoms with Gasteiger partial charge in [0.05, 0.1) is 16.7 Å². The van der Waals surface area contributed by atoms with Gasteiger partial charge in [0, 0.05) is 0 Å². The van der Waals surface area contributed by atoms with Gasteiger partial charge in [-0.05, 0) is 45.0 Å². The summed E-state index contributed by atoms with van der Waals surface area (Å²) in [4.78, 5) is 0.109. The number of anilines is 1. The van der Waals surface area contributed by atoms with Gasteiger partial charge < -0.3 is 4.74 Å². The van der Waals surface area contributed by atoms with Crippen molar-refractivity contribution in [2.45, 2.75) is 31.8 Å². The van der Waals surface area contributed by atoms with E-state index in [0.29, 0.717) is 0 Å². The molecule has 118 valence electrons. The van der Waals surface area contributed by atoms with Gasteiger partial charge in [0.2, 0.25) is 0 Å². The second-order valence-corrected chi connectivity index (χ2v) is 6.88. The monoisotopic (exact) mass is 323 g/mol. The molecule has 6 heteroatoms. The van der Waals surface area contributed by atoms with Crippen LogP contribution in [0.25, 0.3) is 0 Å². The maximum absolute atomic E-state index is 13.9. The standard InChI is InChI=1S/C16H18FNO3S/c1-11(2)21-16-14(17)5-4-6-15(16)18-22(19,20)13-9-7-12(3)8-10-13/h4-11,18H,1-3H3. The van der Waals surface area contributed by atoms with E-state index in [1.54, 1.807) is 26.0 Å². The van der Waals surface area contributed by atoms with Crippen molar-refractivity contribution in [2.24, 2.45) is 0 Å². The summed E-state index contributed by atoms with van der Waals surface area (Å²) >= 11 is 0. The molecule has 0 aromatic heterocycles. The Balaban J connectivity index is 2.37. The zero-order chi connectivity index (χ0) is 16.3. The molecule has 0 bridgehead atoms. The van der Waals surface area contributed by atoms with Crippen LogP contribution >= 0.6 is 0 Å². The fourth-order valence-corrected chi connectivity index (χ4v) is 2.93. The van der Waals surface area contributed by atoms with E-state index in [4.69, 9.17) is 4.74 Å². The van der Waals surface area contributed by atoms with E-state index in [-0.39, 0.29) is 22.4 Å². The van der Waals surface area contributed by atoms with E-state index in [2.05, 4.69) is 4.72 Å². The number of benzene rings is 2. The Bertz CT molecular complexity index is 755. The quantitative estimate of drug-likeness (QED) is 0.912. The van der Waals surface area contributed by atoms with E-state index in [1.807, 2.05) is 6.92 Å². The van der Waals surface area contributed by atoms with Crippen molar-refractivity contribution < 1.29 is 17.5 Å². The molecule has 1 N–H and O–H groups in total. The molecule has 0 saturated carbocycles. The normalized spacial score (nSPS) is 11.5. The predicted molar refractivity (Wildman–Crippen MR) is 84.2 cm³/mol. The maximum Gasteiger partial charge on any atom is 0.262 e. The van der Waals surface area contributed by atoms with Crippen molar-refractivity contribution in [3.05, 3.63) is 53.8 Å². The van der Waals surface area contributed by atoms with E-state index >= 15 is 0 Å². The third-order valence-electron chi connectivity index (χ3n) is 2.90. The molecule has 0 fully saturated rings. The Labute approximate surface area is 130 Å². The average Bonchev–Trinajstić information content (AvgIpc) is 2.42. The van der Waals surface area contributed by atoms with E-state index in [0.717, 1.165) is 5.56 Å². The van der Waals surface area contributed by atoms with Crippen molar-refractivity contribution in [3.8, 4) is 5.75 Å². The van der Waals surface area contributed by atoms with Crippen molar-refractivity contribution in [2.75, 3.05) is 4.72 Å². The first-order valence-corrected chi connectivity index (χ1v) is 8.32. The van der Waals surface area contributed by atoms with Gasteiger partial charge in [-0.1, -0.05) is 23.8 Å². The second-order valence-electron chi connectivity index (χ2n) is 5.20. The number of hydrogen-bond acceptors (Lipinski definition) is 3. The molecule has 0 radical (unpaired) electrons. The first kappa shape index (κ1) is 16.3. The second kappa shape index (κ2) is 6.36. The summed E-state index contributed by atoms with van der Waals surface area (Å²) < 4.78 is 46.4. The minimum Gasteiger partial charge on any atom is -0.486 e. The minimum absolute atomic E-state index is 0.0780. The fourth-order valence-electron chi connectivity index (χ4n) is 1.87. The van der Waals surface area contributed by atoms with Gasteiger partial charge in [0.25, 0.3) is 10.0 Å². The number of aryl methyl sites for hydroxylation is 1. The summed E-state index contributed by atoms with van der Waals surface area (Å²) in [6.07, 6.45) is -0.278. The molecule has 0 amide bonds. The van der Waals surface area contributed by atoms with Crippen LogP contribution in [0.3, 0.4) is 0 Å². The van der Waals surface area contributed by atoms with E-state index in [9.17, 15) is 12.8 Å². The first-order chi connectivity index (χ1) is 10.3. The molecule has 2 aromatic carbocycles. The highest BCUT2D eigenvalue weighted by atomic mass is 32.2. The van der Waals surface area contributed by atoms with E-state index < -0.39 is 15.8 Å². The minimum atomic E-state index is -3.80. The summed E-state index contributed by atoms with van der Waals surface area (Å²) in [5.41, 5.74) is 1.03. The lowest BCUT2D eigenvalue weighted by molar-refractivity contribution is 0.232. The largest absolute Gasteiger partial charge is 0.486 e. The maximum atomic E-state index is 13.9. The molecule has 2 aromatic rings. The van der Waals surface area contributed by atoms with Gasteiger partial charge in [-0.3, -0.25) is 4.72 Å². The molecule has 0 saturated heterocycles. The molecule has 0 aliphatic rings. The molecule has 0 atom stereocenters. The van der Waals surface area contributed by atoms with Crippen LogP contribution in [0.5, 0.6) is 5.75 Å². The van der Waals surface area contributed by atoms with Crippen molar-refractivity contribution in [1.82, 2.24) is 0 Å². The van der Waals surface area contributed by atoms with Crippen molar-refractivity contribution >= 4 is 15.7 Å². The highest BCUT2D eigenvalue weighted by Crippen LogP contribution is 2.30. The van der Waals surface area contributed by atoms with Gasteiger partial charge in [-0.25, -0.2) is 12.8 Å². The molecule has 2 rings (SSSR count). The zero-order valence-electron chi connectivity index (χ0n) is 12.6. The summed E-state index contributed by atoms with van der Waals surface area (Å²) in [7, 11) is -3.80. The molecule has 22 heavy (non-hydrogen) atoms. The number of halogens is 1. The van der Waals surface area contributed by atoms with E-state index in [1.165, 1.54) is 30.3 Å². The molecule has 0 aliphatic carbocycles. The van der Waals surface area contributed by atoms with Crippen LogP contribution in [-0.2, 0) is 10.0 Å². The SMILES string of the molecule is Cc1ccc(S(=O)(=O)Nc2cccc(F)c2OC(C)C)cc1. The van der Waals surface area contributed by atoms with Gasteiger partial charge in [0.15, 0.2) is 11.6 Å². The predicted octanol–water partition coefficient (Wildman–Crippen LogP) is 3.72. The number of rotatable bonds is 5. The summed E-state index contributed by atoms with van der Waals surface area (Å²) in [6, 6.07) is 10.5. The lowest BCUT2D eigenvalue weighted by Gasteiger charge is -2.16. The van der Waals surface area contributed by atoms with Crippen LogP contribution in [0.15, 0.2) is 47.4 Å². The number of nitrogens with one attached hydrogen (secondary N) is 1. The number of ether oxygens (including phenoxy) is 1. The smallest absolute Gasteiger partial charge is 0.262 e. The van der Waals surface area contributed by atoms with Crippen LogP contribution in [0.2, 0.25) is 0 Å². The molecular weight excluding hydrogens is 305 g/mol. The average molecular weight is 323 g/mol. The van der Waals surface area contributed by atoms with Crippen molar-refractivity contribution in [1.29, 1.82) is 0 Å². The lowest BCUT2D eigenvalue weighted by Crippen LogP contribution is -2.16. The molecule has 4 nitrogen and oxygen atoms in total. The number of hydrogen-bond donors (Lipinski definition) is 1. The number of sulfonamides is 1. The summed E-state index contributed by atoms with van der Waals surface area (Å²) in [5.74, 6) is -0.717. The molecular formula is C16H18FNO3S. The Morgan fingerprint density at radius 3 is 2.32 bits per heavy atom. The van der Waals surface area contributed by atoms with Gasteiger partial charge >= 0.3 is 0 Å². The molecule has 0 heterocycles. The fraction of sp³-hybridized carbons (Fsp3) is 0.250. The van der Waals surface area contributed by atoms with Crippen LogP contribution in [0.1, 0.15) is 19.4 Å². The van der Waals surface area contributed by atoms with Crippen LogP contribution in [-0.4, -0.2) is 14.5 Å². The highest BCUT2D eigenvalue weighted by molar-refractivity contribution is 7.92. The summed E-state index contributed by atoms with van der Waals surface area (Å²) in [6.45, 7) is 5.35. The molecule has 0 spiro atoms. The lowest BCUT2D eigenvalue weighted by atomic mass is 10.2. The first-order valence-electron chi connectivity index (χ1n) is 6.84. The third kappa shape index (κ3) is 3.76. The highest BCUT2D eigenvalue weighted by Gasteiger charge is 2.19. The Morgan fingerprint density at radius 1 is 1.09 bits per heavy atom. The Morgan fingerprint density at radius 2 is 1.73 bits per heavy atom. The van der Waals surface area contributed by atoms with Crippen LogP contribution < -0.4 is 9.46 Å². The zero-order valence-corrected chi connectivity index (χ0v) is 13.4. The Hall–Kier alpha value is -2.08. The third-order valence-corrected chi connectivity index (χ3v) is 4.28. The number of para-hydroxylation sites is 1. The van der Waals surface area contributed by atoms with Gasteiger partial charge in [0.1, 0.15) is 0 Å². The van der Waals surface area contributed by atoms with Crippen molar-refractivity contribution in [3.63, 3.8) is 0 Å². The van der Waals surface area contributed by atoms with Gasteiger partial charge in [-0.15, -0.1) is 0 Å². The molecule has 0 aliphatic heterocycles. The van der Waals surface area contributed by atoms with Crippen LogP contribution in [0, 0.1) is 12.7 Å². The topological polar surface area (TPSA) is 55.4 Å². The Kier molecular flexibility index (Phi) is 4.71. The van der Waals surface area contributed by atoms with Crippen LogP contribution in [0.4, 0.5) is 10.1 Å². The van der Waals surface area contributed by atoms with Gasteiger partial charge in [-0.2, -0.15) is 0 Å². The molecule has 0 unspecified atom stereocenters.